The van der Waals surface area contributed by atoms with Crippen LogP contribution in [0.25, 0.3) is 0 Å². The molecule has 0 bridgehead atoms. The maximum atomic E-state index is 11.7. The Hall–Kier alpha value is -2.00. The van der Waals surface area contributed by atoms with Gasteiger partial charge in [0, 0.05) is 22.7 Å². The first kappa shape index (κ1) is 19.3. The molecule has 0 unspecified atom stereocenters. The maximum absolute atomic E-state index is 11.7. The van der Waals surface area contributed by atoms with Crippen molar-refractivity contribution >= 4 is 23.2 Å². The Morgan fingerprint density at radius 1 is 1.12 bits per heavy atom. The van der Waals surface area contributed by atoms with Gasteiger partial charge >= 0.3 is 0 Å². The molecule has 2 rings (SSSR count). The van der Waals surface area contributed by atoms with E-state index in [1.54, 1.807) is 0 Å². The van der Waals surface area contributed by atoms with Crippen LogP contribution in [0.4, 0.5) is 5.69 Å². The van der Waals surface area contributed by atoms with Gasteiger partial charge in [-0.1, -0.05) is 44.5 Å². The van der Waals surface area contributed by atoms with Crippen LogP contribution in [-0.2, 0) is 24.2 Å². The van der Waals surface area contributed by atoms with E-state index in [1.165, 1.54) is 16.7 Å². The van der Waals surface area contributed by atoms with Crippen LogP contribution in [-0.4, -0.2) is 5.91 Å². The van der Waals surface area contributed by atoms with E-state index in [2.05, 4.69) is 38.2 Å². The number of hydrogen-bond acceptors (Lipinski definition) is 2. The lowest BCUT2D eigenvalue weighted by molar-refractivity contribution is -0.115. The van der Waals surface area contributed by atoms with Crippen LogP contribution >= 0.6 is 11.6 Å². The molecular formula is C21H26ClNO2. The number of halogens is 1. The van der Waals surface area contributed by atoms with Gasteiger partial charge < -0.3 is 10.1 Å². The van der Waals surface area contributed by atoms with Gasteiger partial charge in [0.1, 0.15) is 12.4 Å². The molecule has 0 radical (unpaired) electrons. The summed E-state index contributed by atoms with van der Waals surface area (Å²) in [6.07, 6.45) is 2.34. The number of benzene rings is 2. The van der Waals surface area contributed by atoms with Crippen LogP contribution in [0.1, 0.15) is 49.4 Å². The van der Waals surface area contributed by atoms with Crippen molar-refractivity contribution in [2.75, 3.05) is 5.32 Å². The second-order valence-electron chi connectivity index (χ2n) is 6.05. The summed E-state index contributed by atoms with van der Waals surface area (Å²) in [4.78, 5) is 11.7. The summed E-state index contributed by atoms with van der Waals surface area (Å²) in [5.41, 5.74) is 5.27. The summed E-state index contributed by atoms with van der Waals surface area (Å²) < 4.78 is 6.10. The van der Waals surface area contributed by atoms with E-state index in [0.29, 0.717) is 23.7 Å². The lowest BCUT2D eigenvalue weighted by atomic mass is 10.0. The minimum atomic E-state index is -0.0408. The minimum Gasteiger partial charge on any atom is -0.488 e. The molecule has 0 aliphatic heterocycles. The van der Waals surface area contributed by atoms with Gasteiger partial charge in [-0.05, 0) is 54.7 Å². The highest BCUT2D eigenvalue weighted by molar-refractivity contribution is 6.31. The molecule has 0 aromatic heterocycles. The van der Waals surface area contributed by atoms with E-state index in [0.717, 1.165) is 24.2 Å². The van der Waals surface area contributed by atoms with Crippen molar-refractivity contribution in [3.63, 3.8) is 0 Å². The summed E-state index contributed by atoms with van der Waals surface area (Å²) in [6.45, 7) is 8.53. The fraction of sp³-hybridized carbons (Fsp3) is 0.381. The topological polar surface area (TPSA) is 38.3 Å². The van der Waals surface area contributed by atoms with Gasteiger partial charge in [-0.3, -0.25) is 4.79 Å². The lowest BCUT2D eigenvalue weighted by Gasteiger charge is -2.17. The van der Waals surface area contributed by atoms with E-state index in [1.807, 2.05) is 25.1 Å². The smallest absolute Gasteiger partial charge is 0.224 e. The molecule has 2 aromatic rings. The number of nitrogens with one attached hydrogen (secondary N) is 1. The van der Waals surface area contributed by atoms with Crippen molar-refractivity contribution in [1.29, 1.82) is 0 Å². The van der Waals surface area contributed by atoms with Crippen LogP contribution in [0.3, 0.4) is 0 Å². The molecule has 25 heavy (non-hydrogen) atoms. The van der Waals surface area contributed by atoms with Gasteiger partial charge in [0.2, 0.25) is 5.91 Å². The second kappa shape index (κ2) is 8.91. The van der Waals surface area contributed by atoms with Gasteiger partial charge in [-0.15, -0.1) is 0 Å². The van der Waals surface area contributed by atoms with E-state index in [-0.39, 0.29) is 5.91 Å². The number of aryl methyl sites for hydroxylation is 3. The first-order chi connectivity index (χ1) is 12.0. The Balaban J connectivity index is 2.27. The standard InChI is InChI=1S/C21H26ClNO2/c1-5-15-12-16(6-2)20(11-14(15)4)25-13-17-18(22)9-8-10-19(17)23-21(24)7-3/h8-12H,5-7,13H2,1-4H3,(H,23,24). The second-order valence-corrected chi connectivity index (χ2v) is 6.46. The Bertz CT molecular complexity index is 756. The third-order valence-electron chi connectivity index (χ3n) is 4.37. The average Bonchev–Trinajstić information content (AvgIpc) is 2.61. The fourth-order valence-corrected chi connectivity index (χ4v) is 3.01. The summed E-state index contributed by atoms with van der Waals surface area (Å²) in [7, 11) is 0. The lowest BCUT2D eigenvalue weighted by Crippen LogP contribution is -2.12. The first-order valence-corrected chi connectivity index (χ1v) is 9.20. The molecule has 0 spiro atoms. The Labute approximate surface area is 155 Å². The van der Waals surface area contributed by atoms with Crippen LogP contribution in [0.15, 0.2) is 30.3 Å². The third-order valence-corrected chi connectivity index (χ3v) is 4.72. The number of anilines is 1. The van der Waals surface area contributed by atoms with Gasteiger partial charge in [-0.25, -0.2) is 0 Å². The molecular weight excluding hydrogens is 334 g/mol. The normalized spacial score (nSPS) is 10.6. The minimum absolute atomic E-state index is 0.0408. The van der Waals surface area contributed by atoms with Crippen LogP contribution < -0.4 is 10.1 Å². The molecule has 1 amide bonds. The Kier molecular flexibility index (Phi) is 6.89. The fourth-order valence-electron chi connectivity index (χ4n) is 2.78. The molecule has 0 aliphatic carbocycles. The molecule has 0 atom stereocenters. The zero-order chi connectivity index (χ0) is 18.4. The molecule has 1 N–H and O–H groups in total. The van der Waals surface area contributed by atoms with Gasteiger partial charge in [0.05, 0.1) is 0 Å². The maximum Gasteiger partial charge on any atom is 0.224 e. The highest BCUT2D eigenvalue weighted by Crippen LogP contribution is 2.29. The van der Waals surface area contributed by atoms with Gasteiger partial charge in [0.25, 0.3) is 0 Å². The zero-order valence-corrected chi connectivity index (χ0v) is 16.2. The van der Waals surface area contributed by atoms with E-state index in [4.69, 9.17) is 16.3 Å². The molecule has 3 nitrogen and oxygen atoms in total. The Morgan fingerprint density at radius 3 is 2.48 bits per heavy atom. The SMILES string of the molecule is CCC(=O)Nc1cccc(Cl)c1COc1cc(C)c(CC)cc1CC. The van der Waals surface area contributed by atoms with E-state index < -0.39 is 0 Å². The summed E-state index contributed by atoms with van der Waals surface area (Å²) in [6, 6.07) is 9.81. The van der Waals surface area contributed by atoms with Crippen molar-refractivity contribution in [2.24, 2.45) is 0 Å². The van der Waals surface area contributed by atoms with E-state index in [9.17, 15) is 4.79 Å². The van der Waals surface area contributed by atoms with Crippen molar-refractivity contribution in [1.82, 2.24) is 0 Å². The molecule has 0 saturated heterocycles. The number of carbonyl (C=O) groups is 1. The molecule has 134 valence electrons. The van der Waals surface area contributed by atoms with Gasteiger partial charge in [0.15, 0.2) is 0 Å². The van der Waals surface area contributed by atoms with E-state index >= 15 is 0 Å². The molecule has 4 heteroatoms. The first-order valence-electron chi connectivity index (χ1n) is 8.82. The molecule has 0 aliphatic rings. The predicted molar refractivity (Wildman–Crippen MR) is 105 cm³/mol. The van der Waals surface area contributed by atoms with Gasteiger partial charge in [-0.2, -0.15) is 0 Å². The van der Waals surface area contributed by atoms with Crippen LogP contribution in [0, 0.1) is 6.92 Å². The zero-order valence-electron chi connectivity index (χ0n) is 15.4. The molecule has 2 aromatic carbocycles. The van der Waals surface area contributed by atoms with Crippen molar-refractivity contribution in [3.05, 3.63) is 57.6 Å². The predicted octanol–water partition coefficient (Wildman–Crippen LogP) is 5.70. The number of ether oxygens (including phenoxy) is 1. The summed E-state index contributed by atoms with van der Waals surface area (Å²) in [5.74, 6) is 0.839. The number of rotatable bonds is 7. The molecule has 0 saturated carbocycles. The number of amides is 1. The van der Waals surface area contributed by atoms with Crippen LogP contribution in [0.2, 0.25) is 5.02 Å². The highest BCUT2D eigenvalue weighted by atomic mass is 35.5. The van der Waals surface area contributed by atoms with Crippen molar-refractivity contribution < 1.29 is 9.53 Å². The summed E-state index contributed by atoms with van der Waals surface area (Å²) in [5, 5.41) is 3.48. The monoisotopic (exact) mass is 359 g/mol. The summed E-state index contributed by atoms with van der Waals surface area (Å²) >= 11 is 6.34. The Morgan fingerprint density at radius 2 is 1.84 bits per heavy atom. The molecule has 0 heterocycles. The van der Waals surface area contributed by atoms with Crippen LogP contribution in [0.5, 0.6) is 5.75 Å². The number of carbonyl (C=O) groups excluding carboxylic acids is 1. The average molecular weight is 360 g/mol. The van der Waals surface area contributed by atoms with Crippen molar-refractivity contribution in [3.8, 4) is 5.75 Å². The third kappa shape index (κ3) is 4.76. The molecule has 0 fully saturated rings. The highest BCUT2D eigenvalue weighted by Gasteiger charge is 2.12. The quantitative estimate of drug-likeness (QED) is 0.688. The van der Waals surface area contributed by atoms with Crippen molar-refractivity contribution in [2.45, 2.75) is 53.6 Å². The number of hydrogen-bond donors (Lipinski definition) is 1. The largest absolute Gasteiger partial charge is 0.488 e.